The number of aliphatic hydroxyl groups excluding tert-OH is 1. The number of hydrogen-bond donors (Lipinski definition) is 1. The molecule has 1 atom stereocenters. The van der Waals surface area contributed by atoms with E-state index in [0.717, 1.165) is 17.7 Å². The van der Waals surface area contributed by atoms with E-state index < -0.39 is 0 Å². The van der Waals surface area contributed by atoms with Gasteiger partial charge in [0, 0.05) is 19.1 Å². The van der Waals surface area contributed by atoms with E-state index in [-0.39, 0.29) is 24.0 Å². The van der Waals surface area contributed by atoms with Crippen molar-refractivity contribution >= 4 is 5.91 Å². The van der Waals surface area contributed by atoms with E-state index in [2.05, 4.69) is 20.8 Å². The first kappa shape index (κ1) is 20.5. The van der Waals surface area contributed by atoms with Crippen LogP contribution in [0.2, 0.25) is 0 Å². The van der Waals surface area contributed by atoms with Gasteiger partial charge in [-0.3, -0.25) is 9.69 Å². The Kier molecular flexibility index (Phi) is 6.53. The maximum absolute atomic E-state index is 12.8. The molecule has 6 heteroatoms. The van der Waals surface area contributed by atoms with Crippen molar-refractivity contribution in [2.45, 2.75) is 39.8 Å². The van der Waals surface area contributed by atoms with E-state index in [9.17, 15) is 9.90 Å². The van der Waals surface area contributed by atoms with Crippen LogP contribution >= 0.6 is 0 Å². The van der Waals surface area contributed by atoms with Gasteiger partial charge in [0.15, 0.2) is 11.5 Å². The zero-order valence-corrected chi connectivity index (χ0v) is 16.8. The third-order valence-corrected chi connectivity index (χ3v) is 5.16. The van der Waals surface area contributed by atoms with E-state index in [4.69, 9.17) is 9.47 Å². The summed E-state index contributed by atoms with van der Waals surface area (Å²) in [6.45, 7) is 7.82. The molecular formula is C20H32N2O4. The number of amides is 1. The summed E-state index contributed by atoms with van der Waals surface area (Å²) in [5.74, 6) is 1.49. The number of carbonyl (C=O) groups excluding carboxylic acids is 1. The zero-order chi connectivity index (χ0) is 19.5. The summed E-state index contributed by atoms with van der Waals surface area (Å²) in [7, 11) is 5.15. The maximum Gasteiger partial charge on any atom is 0.237 e. The monoisotopic (exact) mass is 364 g/mol. The molecule has 1 amide bonds. The first-order chi connectivity index (χ1) is 12.2. The number of likely N-dealkylation sites (N-methyl/N-ethyl adjacent to an activating group) is 1. The molecule has 1 N–H and O–H groups in total. The largest absolute Gasteiger partial charge is 0.493 e. The molecule has 0 aromatic heterocycles. The van der Waals surface area contributed by atoms with E-state index in [0.29, 0.717) is 25.4 Å². The number of ether oxygens (including phenoxy) is 2. The van der Waals surface area contributed by atoms with Gasteiger partial charge in [0.05, 0.1) is 27.4 Å². The molecule has 0 radical (unpaired) electrons. The Morgan fingerprint density at radius 3 is 2.31 bits per heavy atom. The first-order valence-electron chi connectivity index (χ1n) is 9.04. The van der Waals surface area contributed by atoms with Gasteiger partial charge in [-0.15, -0.1) is 0 Å². The lowest BCUT2D eigenvalue weighted by molar-refractivity contribution is -0.134. The molecule has 2 rings (SSSR count). The lowest BCUT2D eigenvalue weighted by atomic mass is 9.86. The first-order valence-corrected chi connectivity index (χ1v) is 9.04. The van der Waals surface area contributed by atoms with Crippen molar-refractivity contribution in [1.82, 2.24) is 9.80 Å². The van der Waals surface area contributed by atoms with E-state index in [1.54, 1.807) is 14.2 Å². The van der Waals surface area contributed by atoms with Crippen LogP contribution in [-0.2, 0) is 17.8 Å². The molecular weight excluding hydrogens is 332 g/mol. The molecule has 1 aliphatic rings. The highest BCUT2D eigenvalue weighted by molar-refractivity contribution is 5.78. The molecule has 26 heavy (non-hydrogen) atoms. The topological polar surface area (TPSA) is 62.2 Å². The molecule has 1 aliphatic heterocycles. The molecule has 1 aromatic rings. The standard InChI is InChI=1S/C20H32N2O4/c1-20(2,3)18(13-23)21(4)12-19(24)22-8-7-14-9-16(25-5)17(26-6)10-15(14)11-22/h9-10,18,23H,7-8,11-13H2,1-6H3/t18-/m0/s1. The molecule has 0 spiro atoms. The minimum absolute atomic E-state index is 0.0348. The van der Waals surface area contributed by atoms with E-state index in [1.807, 2.05) is 29.0 Å². The highest BCUT2D eigenvalue weighted by atomic mass is 16.5. The number of methoxy groups -OCH3 is 2. The van der Waals surface area contributed by atoms with Crippen LogP contribution in [0, 0.1) is 5.41 Å². The van der Waals surface area contributed by atoms with Crippen molar-refractivity contribution in [3.8, 4) is 11.5 Å². The Bertz CT molecular complexity index is 639. The minimum atomic E-state index is -0.0950. The summed E-state index contributed by atoms with van der Waals surface area (Å²) in [5.41, 5.74) is 2.20. The van der Waals surface area contributed by atoms with Gasteiger partial charge in [0.1, 0.15) is 0 Å². The fraction of sp³-hybridized carbons (Fsp3) is 0.650. The molecule has 0 saturated carbocycles. The van der Waals surface area contributed by atoms with E-state index >= 15 is 0 Å². The average Bonchev–Trinajstić information content (AvgIpc) is 2.59. The van der Waals surface area contributed by atoms with Gasteiger partial charge in [0.25, 0.3) is 0 Å². The average molecular weight is 364 g/mol. The van der Waals surface area contributed by atoms with Crippen molar-refractivity contribution in [2.24, 2.45) is 5.41 Å². The van der Waals surface area contributed by atoms with Crippen LogP contribution in [0.3, 0.4) is 0 Å². The smallest absolute Gasteiger partial charge is 0.237 e. The van der Waals surface area contributed by atoms with Gasteiger partial charge in [-0.05, 0) is 42.1 Å². The second-order valence-corrected chi connectivity index (χ2v) is 8.02. The van der Waals surface area contributed by atoms with Crippen molar-refractivity contribution in [3.63, 3.8) is 0 Å². The number of nitrogens with zero attached hydrogens (tertiary/aromatic N) is 2. The zero-order valence-electron chi connectivity index (χ0n) is 16.8. The van der Waals surface area contributed by atoms with Crippen LogP contribution in [-0.4, -0.2) is 67.8 Å². The SMILES string of the molecule is COc1cc2c(cc1OC)CN(C(=O)CN(C)[C@@H](CO)C(C)(C)C)CC2. The molecule has 0 unspecified atom stereocenters. The summed E-state index contributed by atoms with van der Waals surface area (Å²) in [6.07, 6.45) is 0.799. The Balaban J connectivity index is 2.09. The summed E-state index contributed by atoms with van der Waals surface area (Å²) in [5, 5.41) is 9.70. The van der Waals surface area contributed by atoms with Crippen LogP contribution in [0.1, 0.15) is 31.9 Å². The summed E-state index contributed by atoms with van der Waals surface area (Å²) in [4.78, 5) is 16.6. The van der Waals surface area contributed by atoms with Crippen molar-refractivity contribution < 1.29 is 19.4 Å². The van der Waals surface area contributed by atoms with Gasteiger partial charge in [-0.2, -0.15) is 0 Å². The molecule has 6 nitrogen and oxygen atoms in total. The molecule has 0 fully saturated rings. The van der Waals surface area contributed by atoms with Crippen molar-refractivity contribution in [2.75, 3.05) is 41.0 Å². The lowest BCUT2D eigenvalue weighted by Gasteiger charge is -2.38. The maximum atomic E-state index is 12.8. The molecule has 1 aromatic carbocycles. The predicted molar refractivity (Wildman–Crippen MR) is 102 cm³/mol. The number of rotatable bonds is 6. The number of aliphatic hydroxyl groups is 1. The number of hydrogen-bond acceptors (Lipinski definition) is 5. The highest BCUT2D eigenvalue weighted by Crippen LogP contribution is 2.33. The van der Waals surface area contributed by atoms with Crippen LogP contribution in [0.25, 0.3) is 0 Å². The number of fused-ring (bicyclic) bond motifs is 1. The number of carbonyl (C=O) groups is 1. The molecule has 1 heterocycles. The second kappa shape index (κ2) is 8.27. The third kappa shape index (κ3) is 4.48. The third-order valence-electron chi connectivity index (χ3n) is 5.16. The Morgan fingerprint density at radius 1 is 1.23 bits per heavy atom. The quantitative estimate of drug-likeness (QED) is 0.836. The fourth-order valence-corrected chi connectivity index (χ4v) is 3.59. The molecule has 0 bridgehead atoms. The van der Waals surface area contributed by atoms with Crippen LogP contribution in [0.15, 0.2) is 12.1 Å². The van der Waals surface area contributed by atoms with Gasteiger partial charge in [-0.25, -0.2) is 0 Å². The second-order valence-electron chi connectivity index (χ2n) is 8.02. The van der Waals surface area contributed by atoms with Crippen LogP contribution in [0.4, 0.5) is 0 Å². The Labute approximate surface area is 156 Å². The van der Waals surface area contributed by atoms with Gasteiger partial charge in [-0.1, -0.05) is 20.8 Å². The Morgan fingerprint density at radius 2 is 1.81 bits per heavy atom. The molecule has 0 aliphatic carbocycles. The summed E-state index contributed by atoms with van der Waals surface area (Å²) >= 11 is 0. The Hall–Kier alpha value is -1.79. The van der Waals surface area contributed by atoms with Gasteiger partial charge >= 0.3 is 0 Å². The molecule has 146 valence electrons. The predicted octanol–water partition coefficient (Wildman–Crippen LogP) is 1.93. The lowest BCUT2D eigenvalue weighted by Crippen LogP contribution is -2.49. The van der Waals surface area contributed by atoms with Crippen LogP contribution < -0.4 is 9.47 Å². The summed E-state index contributed by atoms with van der Waals surface area (Å²) < 4.78 is 10.7. The van der Waals surface area contributed by atoms with Crippen molar-refractivity contribution in [1.29, 1.82) is 0 Å². The van der Waals surface area contributed by atoms with Gasteiger partial charge < -0.3 is 19.5 Å². The van der Waals surface area contributed by atoms with E-state index in [1.165, 1.54) is 5.56 Å². The highest BCUT2D eigenvalue weighted by Gasteiger charge is 2.30. The normalized spacial score (nSPS) is 15.6. The van der Waals surface area contributed by atoms with Crippen LogP contribution in [0.5, 0.6) is 11.5 Å². The van der Waals surface area contributed by atoms with Gasteiger partial charge in [0.2, 0.25) is 5.91 Å². The number of benzene rings is 1. The van der Waals surface area contributed by atoms with Crippen molar-refractivity contribution in [3.05, 3.63) is 23.3 Å². The minimum Gasteiger partial charge on any atom is -0.493 e. The molecule has 0 saturated heterocycles. The summed E-state index contributed by atoms with van der Waals surface area (Å²) in [6, 6.07) is 3.90. The fourth-order valence-electron chi connectivity index (χ4n) is 3.59.